The molecular formula is C21H30O3. The van der Waals surface area contributed by atoms with Gasteiger partial charge in [0.15, 0.2) is 0 Å². The van der Waals surface area contributed by atoms with Gasteiger partial charge in [0.2, 0.25) is 0 Å². The fourth-order valence-corrected chi connectivity index (χ4v) is 6.72. The van der Waals surface area contributed by atoms with Crippen LogP contribution in [-0.2, 0) is 4.79 Å². The van der Waals surface area contributed by atoms with E-state index in [-0.39, 0.29) is 16.7 Å². The molecule has 4 aliphatic rings. The summed E-state index contributed by atoms with van der Waals surface area (Å²) in [5.41, 5.74) is 2.54. The maximum atomic E-state index is 12.1. The zero-order valence-corrected chi connectivity index (χ0v) is 15.1. The van der Waals surface area contributed by atoms with Crippen LogP contribution in [0.5, 0.6) is 0 Å². The van der Waals surface area contributed by atoms with Crippen LogP contribution in [0, 0.1) is 28.6 Å². The molecular weight excluding hydrogens is 300 g/mol. The average molecular weight is 330 g/mol. The molecule has 4 aliphatic carbocycles. The van der Waals surface area contributed by atoms with Crippen molar-refractivity contribution in [1.82, 2.24) is 0 Å². The van der Waals surface area contributed by atoms with Crippen LogP contribution >= 0.6 is 0 Å². The normalized spacial score (nSPS) is 50.3. The Balaban J connectivity index is 1.74. The molecule has 0 aromatic carbocycles. The maximum Gasteiger partial charge on any atom is 0.133 e. The Bertz CT molecular complexity index is 633. The Morgan fingerprint density at radius 3 is 2.58 bits per heavy atom. The van der Waals surface area contributed by atoms with Gasteiger partial charge in [-0.2, -0.15) is 0 Å². The molecule has 0 aromatic rings. The van der Waals surface area contributed by atoms with E-state index in [1.54, 1.807) is 6.92 Å². The SMILES string of the molecule is CC(=O)[C@H]1CC[C@H]2C3=CC=C4CC(O)CC(O)[C@]4(C)[C@H]3CC[C@]12C. The molecule has 0 aromatic heterocycles. The van der Waals surface area contributed by atoms with Crippen molar-refractivity contribution >= 4 is 5.78 Å². The fraction of sp³-hybridized carbons (Fsp3) is 0.762. The number of hydrogen-bond donors (Lipinski definition) is 2. The van der Waals surface area contributed by atoms with Crippen molar-refractivity contribution in [3.8, 4) is 0 Å². The maximum absolute atomic E-state index is 12.1. The third-order valence-electron chi connectivity index (χ3n) is 8.14. The second-order valence-corrected chi connectivity index (χ2v) is 9.14. The van der Waals surface area contributed by atoms with Gasteiger partial charge in [-0.25, -0.2) is 0 Å². The second-order valence-electron chi connectivity index (χ2n) is 9.14. The van der Waals surface area contributed by atoms with Crippen molar-refractivity contribution in [2.75, 3.05) is 0 Å². The topological polar surface area (TPSA) is 57.5 Å². The number of hydrogen-bond acceptors (Lipinski definition) is 3. The van der Waals surface area contributed by atoms with E-state index in [1.807, 2.05) is 0 Å². The van der Waals surface area contributed by atoms with Crippen molar-refractivity contribution < 1.29 is 15.0 Å². The Kier molecular flexibility index (Phi) is 3.64. The third-order valence-corrected chi connectivity index (χ3v) is 8.14. The van der Waals surface area contributed by atoms with Crippen molar-refractivity contribution in [3.63, 3.8) is 0 Å². The first-order valence-electron chi connectivity index (χ1n) is 9.56. The number of aliphatic hydroxyl groups is 2. The Morgan fingerprint density at radius 1 is 1.12 bits per heavy atom. The minimum atomic E-state index is -0.476. The molecule has 0 bridgehead atoms. The summed E-state index contributed by atoms with van der Waals surface area (Å²) in [6.07, 6.45) is 8.94. The Labute approximate surface area is 144 Å². The molecule has 3 heteroatoms. The molecule has 2 unspecified atom stereocenters. The van der Waals surface area contributed by atoms with Crippen molar-refractivity contribution in [3.05, 3.63) is 23.3 Å². The number of Topliss-reactive ketones (excluding diaryl/α,β-unsaturated/α-hetero) is 1. The van der Waals surface area contributed by atoms with E-state index in [1.165, 1.54) is 11.1 Å². The summed E-state index contributed by atoms with van der Waals surface area (Å²) in [5, 5.41) is 20.9. The predicted octanol–water partition coefficient (Wildman–Crippen LogP) is 3.41. The Hall–Kier alpha value is -0.930. The molecule has 7 atom stereocenters. The highest BCUT2D eigenvalue weighted by Crippen LogP contribution is 2.64. The van der Waals surface area contributed by atoms with Crippen LogP contribution in [0.3, 0.4) is 0 Å². The zero-order valence-electron chi connectivity index (χ0n) is 15.1. The van der Waals surface area contributed by atoms with Crippen LogP contribution in [0.1, 0.15) is 59.3 Å². The van der Waals surface area contributed by atoms with Crippen molar-refractivity contribution in [2.24, 2.45) is 28.6 Å². The molecule has 0 saturated heterocycles. The molecule has 132 valence electrons. The van der Waals surface area contributed by atoms with Gasteiger partial charge in [0.25, 0.3) is 0 Å². The summed E-state index contributed by atoms with van der Waals surface area (Å²) in [6.45, 7) is 6.27. The molecule has 3 saturated carbocycles. The molecule has 0 spiro atoms. The quantitative estimate of drug-likeness (QED) is 0.775. The van der Waals surface area contributed by atoms with Gasteiger partial charge in [0, 0.05) is 17.8 Å². The highest BCUT2D eigenvalue weighted by atomic mass is 16.3. The van der Waals surface area contributed by atoms with E-state index in [0.717, 1.165) is 25.7 Å². The highest BCUT2D eigenvalue weighted by Gasteiger charge is 2.58. The fourth-order valence-electron chi connectivity index (χ4n) is 6.72. The Morgan fingerprint density at radius 2 is 1.88 bits per heavy atom. The highest BCUT2D eigenvalue weighted by molar-refractivity contribution is 5.79. The summed E-state index contributed by atoms with van der Waals surface area (Å²) in [7, 11) is 0. The van der Waals surface area contributed by atoms with Gasteiger partial charge in [-0.15, -0.1) is 0 Å². The summed E-state index contributed by atoms with van der Waals surface area (Å²) in [5.74, 6) is 1.38. The van der Waals surface area contributed by atoms with Gasteiger partial charge in [0.1, 0.15) is 5.78 Å². The van der Waals surface area contributed by atoms with E-state index >= 15 is 0 Å². The van der Waals surface area contributed by atoms with Crippen molar-refractivity contribution in [1.29, 1.82) is 0 Å². The van der Waals surface area contributed by atoms with E-state index in [0.29, 0.717) is 30.5 Å². The first-order chi connectivity index (χ1) is 11.3. The molecule has 0 radical (unpaired) electrons. The van der Waals surface area contributed by atoms with Gasteiger partial charge >= 0.3 is 0 Å². The number of allylic oxidation sites excluding steroid dienone is 3. The lowest BCUT2D eigenvalue weighted by Gasteiger charge is -2.56. The minimum absolute atomic E-state index is 0.0923. The number of ketones is 1. The number of carbonyl (C=O) groups excluding carboxylic acids is 1. The summed E-state index contributed by atoms with van der Waals surface area (Å²) in [6, 6.07) is 0. The van der Waals surface area contributed by atoms with Crippen molar-refractivity contribution in [2.45, 2.75) is 71.5 Å². The molecule has 0 aliphatic heterocycles. The number of aliphatic hydroxyl groups excluding tert-OH is 2. The second kappa shape index (κ2) is 5.28. The van der Waals surface area contributed by atoms with E-state index in [4.69, 9.17) is 0 Å². The molecule has 24 heavy (non-hydrogen) atoms. The predicted molar refractivity (Wildman–Crippen MR) is 93.2 cm³/mol. The van der Waals surface area contributed by atoms with E-state index < -0.39 is 12.2 Å². The van der Waals surface area contributed by atoms with Gasteiger partial charge < -0.3 is 10.2 Å². The molecule has 0 amide bonds. The van der Waals surface area contributed by atoms with Crippen LogP contribution in [0.15, 0.2) is 23.3 Å². The molecule has 3 nitrogen and oxygen atoms in total. The van der Waals surface area contributed by atoms with Gasteiger partial charge in [0.05, 0.1) is 12.2 Å². The monoisotopic (exact) mass is 330 g/mol. The summed E-state index contributed by atoms with van der Waals surface area (Å²) >= 11 is 0. The van der Waals surface area contributed by atoms with Crippen LogP contribution in [0.4, 0.5) is 0 Å². The molecule has 2 N–H and O–H groups in total. The number of fused-ring (bicyclic) bond motifs is 5. The first-order valence-corrected chi connectivity index (χ1v) is 9.56. The lowest BCUT2D eigenvalue weighted by Crippen LogP contribution is -2.52. The lowest BCUT2D eigenvalue weighted by atomic mass is 9.49. The molecule has 4 rings (SSSR count). The first kappa shape index (κ1) is 16.5. The van der Waals surface area contributed by atoms with Crippen LogP contribution in [0.2, 0.25) is 0 Å². The van der Waals surface area contributed by atoms with Gasteiger partial charge in [-0.3, -0.25) is 4.79 Å². The molecule has 3 fully saturated rings. The third kappa shape index (κ3) is 2.00. The van der Waals surface area contributed by atoms with E-state index in [9.17, 15) is 15.0 Å². The van der Waals surface area contributed by atoms with Gasteiger partial charge in [-0.1, -0.05) is 37.1 Å². The summed E-state index contributed by atoms with van der Waals surface area (Å²) in [4.78, 5) is 12.1. The van der Waals surface area contributed by atoms with Crippen LogP contribution in [0.25, 0.3) is 0 Å². The summed E-state index contributed by atoms with van der Waals surface area (Å²) < 4.78 is 0. The standard InChI is InChI=1S/C21H30O3/c1-12(22)16-6-7-17-15-5-4-13-10-14(23)11-19(24)21(13,3)18(15)8-9-20(16,17)2/h4-5,14,16-19,23-24H,6-11H2,1-3H3/t14?,16-,17+,18+,19?,20-,21+/m1/s1. The lowest BCUT2D eigenvalue weighted by molar-refractivity contribution is -0.125. The zero-order chi connectivity index (χ0) is 17.3. The largest absolute Gasteiger partial charge is 0.393 e. The van der Waals surface area contributed by atoms with E-state index in [2.05, 4.69) is 26.0 Å². The van der Waals surface area contributed by atoms with Crippen LogP contribution < -0.4 is 0 Å². The number of carbonyl (C=O) groups is 1. The minimum Gasteiger partial charge on any atom is -0.393 e. The molecule has 0 heterocycles. The van der Waals surface area contributed by atoms with Gasteiger partial charge in [-0.05, 0) is 56.3 Å². The van der Waals surface area contributed by atoms with Crippen LogP contribution in [-0.4, -0.2) is 28.2 Å². The average Bonchev–Trinajstić information content (AvgIpc) is 2.86. The smallest absolute Gasteiger partial charge is 0.133 e. The number of rotatable bonds is 1.